The van der Waals surface area contributed by atoms with E-state index in [-0.39, 0.29) is 11.9 Å². The van der Waals surface area contributed by atoms with Gasteiger partial charge < -0.3 is 14.6 Å². The zero-order valence-electron chi connectivity index (χ0n) is 13.5. The highest BCUT2D eigenvalue weighted by Crippen LogP contribution is 2.35. The average molecular weight is 362 g/mol. The van der Waals surface area contributed by atoms with E-state index in [1.165, 1.54) is 24.2 Å². The van der Waals surface area contributed by atoms with Gasteiger partial charge in [0.25, 0.3) is 5.91 Å². The number of hydrogen-bond donors (Lipinski definition) is 1. The molecule has 1 saturated heterocycles. The van der Waals surface area contributed by atoms with Crippen molar-refractivity contribution in [3.05, 3.63) is 28.8 Å². The zero-order chi connectivity index (χ0) is 16.7. The summed E-state index contributed by atoms with van der Waals surface area (Å²) in [7, 11) is 0. The molecule has 3 aromatic heterocycles. The van der Waals surface area contributed by atoms with Crippen LogP contribution in [0.2, 0.25) is 0 Å². The van der Waals surface area contributed by atoms with Crippen molar-refractivity contribution in [2.45, 2.75) is 32.7 Å². The molecule has 4 rings (SSSR count). The fourth-order valence-corrected chi connectivity index (χ4v) is 4.95. The number of fused-ring (bicyclic) bond motifs is 1. The van der Waals surface area contributed by atoms with E-state index in [1.54, 1.807) is 17.5 Å². The van der Waals surface area contributed by atoms with E-state index in [2.05, 4.69) is 15.2 Å². The largest absolute Gasteiger partial charge is 0.444 e. The van der Waals surface area contributed by atoms with Crippen LogP contribution in [-0.4, -0.2) is 29.0 Å². The van der Waals surface area contributed by atoms with Gasteiger partial charge in [0.1, 0.15) is 16.6 Å². The molecular formula is C16H18N4O2S2. The first-order chi connectivity index (χ1) is 11.6. The SMILES string of the molecule is Cc1cnc(C(C)NC(=O)c2cc3sc(N4CCCC4)nc3s2)o1. The Balaban J connectivity index is 1.49. The Bertz CT molecular complexity index is 844. The van der Waals surface area contributed by atoms with Crippen molar-refractivity contribution in [1.82, 2.24) is 15.3 Å². The highest BCUT2D eigenvalue weighted by Gasteiger charge is 2.21. The number of thiophene rings is 1. The molecular weight excluding hydrogens is 344 g/mol. The molecule has 0 aromatic carbocycles. The minimum atomic E-state index is -0.264. The minimum absolute atomic E-state index is 0.115. The maximum atomic E-state index is 12.4. The second kappa shape index (κ2) is 6.18. The predicted octanol–water partition coefficient (Wildman–Crippen LogP) is 3.75. The molecule has 1 aliphatic heterocycles. The van der Waals surface area contributed by atoms with Gasteiger partial charge in [-0.15, -0.1) is 11.3 Å². The van der Waals surface area contributed by atoms with Gasteiger partial charge in [-0.25, -0.2) is 9.97 Å². The van der Waals surface area contributed by atoms with Crippen LogP contribution in [0.3, 0.4) is 0 Å². The summed E-state index contributed by atoms with van der Waals surface area (Å²) in [6.45, 7) is 5.87. The molecule has 0 saturated carbocycles. The van der Waals surface area contributed by atoms with Crippen LogP contribution in [0.1, 0.15) is 47.1 Å². The lowest BCUT2D eigenvalue weighted by Crippen LogP contribution is -2.26. The van der Waals surface area contributed by atoms with Gasteiger partial charge in [-0.2, -0.15) is 0 Å². The van der Waals surface area contributed by atoms with Crippen molar-refractivity contribution in [2.75, 3.05) is 18.0 Å². The van der Waals surface area contributed by atoms with Crippen molar-refractivity contribution in [1.29, 1.82) is 0 Å². The topological polar surface area (TPSA) is 71.3 Å². The third-order valence-electron chi connectivity index (χ3n) is 4.04. The summed E-state index contributed by atoms with van der Waals surface area (Å²) in [5.41, 5.74) is 0. The molecule has 6 nitrogen and oxygen atoms in total. The van der Waals surface area contributed by atoms with E-state index >= 15 is 0 Å². The van der Waals surface area contributed by atoms with Crippen molar-refractivity contribution in [3.63, 3.8) is 0 Å². The fraction of sp³-hybridized carbons (Fsp3) is 0.438. The Labute approximate surface area is 147 Å². The van der Waals surface area contributed by atoms with Crippen molar-refractivity contribution < 1.29 is 9.21 Å². The molecule has 3 aromatic rings. The van der Waals surface area contributed by atoms with Crippen molar-refractivity contribution in [2.24, 2.45) is 0 Å². The summed E-state index contributed by atoms with van der Waals surface area (Å²) in [6, 6.07) is 1.67. The van der Waals surface area contributed by atoms with Gasteiger partial charge in [-0.3, -0.25) is 4.79 Å². The first kappa shape index (κ1) is 15.6. The third-order valence-corrected chi connectivity index (χ3v) is 6.26. The Hall–Kier alpha value is -1.93. The number of aromatic nitrogens is 2. The lowest BCUT2D eigenvalue weighted by molar-refractivity contribution is 0.0938. The maximum absolute atomic E-state index is 12.4. The number of rotatable bonds is 4. The quantitative estimate of drug-likeness (QED) is 0.765. The lowest BCUT2D eigenvalue weighted by Gasteiger charge is -2.12. The molecule has 0 bridgehead atoms. The molecule has 0 radical (unpaired) electrons. The number of carbonyl (C=O) groups is 1. The number of anilines is 1. The number of aryl methyl sites for hydroxylation is 1. The number of carbonyl (C=O) groups excluding carboxylic acids is 1. The summed E-state index contributed by atoms with van der Waals surface area (Å²) < 4.78 is 6.54. The van der Waals surface area contributed by atoms with E-state index < -0.39 is 0 Å². The number of hydrogen-bond acceptors (Lipinski definition) is 7. The molecule has 0 spiro atoms. The minimum Gasteiger partial charge on any atom is -0.444 e. The predicted molar refractivity (Wildman–Crippen MR) is 96.1 cm³/mol. The van der Waals surface area contributed by atoms with Gasteiger partial charge in [0.2, 0.25) is 5.89 Å². The molecule has 8 heteroatoms. The Morgan fingerprint density at radius 2 is 2.17 bits per heavy atom. The smallest absolute Gasteiger partial charge is 0.262 e. The molecule has 1 aliphatic rings. The molecule has 4 heterocycles. The van der Waals surface area contributed by atoms with Gasteiger partial charge in [0, 0.05) is 13.1 Å². The number of amides is 1. The molecule has 1 unspecified atom stereocenters. The van der Waals surface area contributed by atoms with E-state index in [0.717, 1.165) is 33.5 Å². The summed E-state index contributed by atoms with van der Waals surface area (Å²) >= 11 is 3.10. The molecule has 0 aliphatic carbocycles. The van der Waals surface area contributed by atoms with Crippen molar-refractivity contribution in [3.8, 4) is 0 Å². The summed E-state index contributed by atoms with van der Waals surface area (Å²) in [5, 5.41) is 4.00. The van der Waals surface area contributed by atoms with Crippen LogP contribution >= 0.6 is 22.7 Å². The van der Waals surface area contributed by atoms with Gasteiger partial charge in [-0.1, -0.05) is 11.3 Å². The first-order valence-corrected chi connectivity index (χ1v) is 9.62. The Morgan fingerprint density at radius 1 is 1.38 bits per heavy atom. The normalized spacial score (nSPS) is 16.0. The van der Waals surface area contributed by atoms with Gasteiger partial charge in [0.05, 0.1) is 15.8 Å². The molecule has 1 N–H and O–H groups in total. The number of thiazole rings is 1. The molecule has 1 amide bonds. The number of oxazole rings is 1. The fourth-order valence-electron chi connectivity index (χ4n) is 2.78. The lowest BCUT2D eigenvalue weighted by atomic mass is 10.3. The van der Waals surface area contributed by atoms with Crippen LogP contribution in [0, 0.1) is 6.92 Å². The van der Waals surface area contributed by atoms with Gasteiger partial charge in [0.15, 0.2) is 5.13 Å². The second-order valence-corrected chi connectivity index (χ2v) is 8.01. The Morgan fingerprint density at radius 3 is 2.83 bits per heavy atom. The molecule has 24 heavy (non-hydrogen) atoms. The molecule has 1 atom stereocenters. The van der Waals surface area contributed by atoms with Crippen molar-refractivity contribution >= 4 is 43.2 Å². The zero-order valence-corrected chi connectivity index (χ0v) is 15.2. The van der Waals surface area contributed by atoms with Gasteiger partial charge in [-0.05, 0) is 32.8 Å². The Kier molecular flexibility index (Phi) is 4.01. The van der Waals surface area contributed by atoms with E-state index in [4.69, 9.17) is 9.40 Å². The number of nitrogens with zero attached hydrogens (tertiary/aromatic N) is 3. The highest BCUT2D eigenvalue weighted by molar-refractivity contribution is 7.29. The molecule has 126 valence electrons. The van der Waals surface area contributed by atoms with Crippen LogP contribution in [-0.2, 0) is 0 Å². The second-order valence-electron chi connectivity index (χ2n) is 5.97. The highest BCUT2D eigenvalue weighted by atomic mass is 32.1. The van der Waals surface area contributed by atoms with E-state index in [1.807, 2.05) is 19.9 Å². The third kappa shape index (κ3) is 2.91. The maximum Gasteiger partial charge on any atom is 0.262 e. The van der Waals surface area contributed by atoms with Crippen LogP contribution in [0.25, 0.3) is 9.53 Å². The van der Waals surface area contributed by atoms with Crippen LogP contribution in [0.5, 0.6) is 0 Å². The van der Waals surface area contributed by atoms with Crippen LogP contribution in [0.15, 0.2) is 16.7 Å². The average Bonchev–Trinajstić information content (AvgIpc) is 3.29. The monoisotopic (exact) mass is 362 g/mol. The standard InChI is InChI=1S/C16H18N4O2S2/c1-9-8-17-14(22-9)10(2)18-13(21)11-7-12-15(23-11)19-16(24-12)20-5-3-4-6-20/h7-8,10H,3-6H2,1-2H3,(H,18,21). The van der Waals surface area contributed by atoms with Crippen LogP contribution < -0.4 is 10.2 Å². The van der Waals surface area contributed by atoms with Crippen LogP contribution in [0.4, 0.5) is 5.13 Å². The summed E-state index contributed by atoms with van der Waals surface area (Å²) in [4.78, 5) is 25.2. The first-order valence-electron chi connectivity index (χ1n) is 7.98. The van der Waals surface area contributed by atoms with Gasteiger partial charge >= 0.3 is 0 Å². The van der Waals surface area contributed by atoms with E-state index in [9.17, 15) is 4.79 Å². The number of nitrogens with one attached hydrogen (secondary N) is 1. The molecule has 1 fully saturated rings. The summed E-state index contributed by atoms with van der Waals surface area (Å²) in [6.07, 6.45) is 4.13. The summed E-state index contributed by atoms with van der Waals surface area (Å²) in [5.74, 6) is 1.14. The van der Waals surface area contributed by atoms with E-state index in [0.29, 0.717) is 10.8 Å².